The number of aromatic carboxylic acids is 2. The second kappa shape index (κ2) is 6.64. The molecule has 0 aliphatic rings. The van der Waals surface area contributed by atoms with E-state index in [0.29, 0.717) is 5.56 Å². The van der Waals surface area contributed by atoms with Gasteiger partial charge >= 0.3 is 11.9 Å². The van der Waals surface area contributed by atoms with E-state index in [9.17, 15) is 24.6 Å². The van der Waals surface area contributed by atoms with Gasteiger partial charge in [0.05, 0.1) is 0 Å². The first-order valence-corrected chi connectivity index (χ1v) is 8.14. The number of aromatic nitrogens is 1. The fourth-order valence-corrected chi connectivity index (χ4v) is 3.36. The van der Waals surface area contributed by atoms with Crippen molar-refractivity contribution < 1.29 is 19.8 Å². The molecule has 0 aliphatic carbocycles. The Morgan fingerprint density at radius 2 is 1.56 bits per heavy atom. The van der Waals surface area contributed by atoms with Crippen molar-refractivity contribution >= 4 is 29.5 Å². The summed E-state index contributed by atoms with van der Waals surface area (Å²) < 4.78 is -0.0196. The van der Waals surface area contributed by atoms with Gasteiger partial charge in [0.25, 0.3) is 5.56 Å². The summed E-state index contributed by atoms with van der Waals surface area (Å²) in [4.78, 5) is 38.1. The van der Waals surface area contributed by atoms with Gasteiger partial charge in [-0.05, 0) is 17.7 Å². The van der Waals surface area contributed by atoms with Crippen LogP contribution in [0.1, 0.15) is 41.5 Å². The zero-order valence-electron chi connectivity index (χ0n) is 13.9. The van der Waals surface area contributed by atoms with E-state index in [-0.39, 0.29) is 16.1 Å². The smallest absolute Gasteiger partial charge is 0.342 e. The van der Waals surface area contributed by atoms with Crippen molar-refractivity contribution in [2.24, 2.45) is 0 Å². The predicted molar refractivity (Wildman–Crippen MR) is 96.4 cm³/mol. The Balaban J connectivity index is 2.71. The first-order chi connectivity index (χ1) is 11.5. The Morgan fingerprint density at radius 3 is 2.00 bits per heavy atom. The van der Waals surface area contributed by atoms with Crippen LogP contribution < -0.4 is 11.3 Å². The minimum Gasteiger partial charge on any atom is -0.478 e. The molecular formula is C17H18N2O5S. The van der Waals surface area contributed by atoms with Gasteiger partial charge in [-0.1, -0.05) is 32.9 Å². The van der Waals surface area contributed by atoms with Gasteiger partial charge in [-0.3, -0.25) is 4.79 Å². The molecule has 0 saturated carbocycles. The molecule has 5 N–H and O–H groups in total. The highest BCUT2D eigenvalue weighted by Crippen LogP contribution is 2.34. The third-order valence-electron chi connectivity index (χ3n) is 3.24. The number of hydrogen-bond donors (Lipinski definition) is 4. The lowest BCUT2D eigenvalue weighted by Gasteiger charge is -2.18. The summed E-state index contributed by atoms with van der Waals surface area (Å²) in [5.41, 5.74) is 3.67. The van der Waals surface area contributed by atoms with Gasteiger partial charge in [-0.25, -0.2) is 9.59 Å². The number of carbonyl (C=O) groups is 2. The summed E-state index contributed by atoms with van der Waals surface area (Å²) in [5, 5.41) is 18.8. The molecule has 0 spiro atoms. The van der Waals surface area contributed by atoms with Gasteiger partial charge in [0, 0.05) is 15.2 Å². The van der Waals surface area contributed by atoms with Gasteiger partial charge in [0.1, 0.15) is 16.9 Å². The van der Waals surface area contributed by atoms with Crippen LogP contribution in [-0.4, -0.2) is 31.9 Å². The number of H-pyrrole nitrogens is 1. The topological polar surface area (TPSA) is 133 Å². The van der Waals surface area contributed by atoms with Crippen LogP contribution in [-0.2, 0) is 0 Å². The van der Waals surface area contributed by atoms with Crippen LogP contribution >= 0.6 is 11.8 Å². The minimum atomic E-state index is -1.52. The number of pyridine rings is 1. The maximum Gasteiger partial charge on any atom is 0.342 e. The second-order valence-electron chi connectivity index (χ2n) is 6.34. The lowest BCUT2D eigenvalue weighted by molar-refractivity contribution is 0.0695. The molecular weight excluding hydrogens is 344 g/mol. The monoisotopic (exact) mass is 362 g/mol. The molecule has 7 nitrogen and oxygen atoms in total. The maximum atomic E-state index is 12.0. The Hall–Kier alpha value is -2.74. The number of hydrogen-bond acceptors (Lipinski definition) is 5. The minimum absolute atomic E-state index is 0.0196. The van der Waals surface area contributed by atoms with E-state index < -0.39 is 28.6 Å². The zero-order chi connectivity index (χ0) is 18.9. The molecule has 0 amide bonds. The van der Waals surface area contributed by atoms with Crippen LogP contribution in [0.3, 0.4) is 0 Å². The number of nitrogens with one attached hydrogen (secondary N) is 1. The van der Waals surface area contributed by atoms with E-state index in [1.54, 1.807) is 36.0 Å². The van der Waals surface area contributed by atoms with E-state index in [2.05, 4.69) is 4.98 Å². The zero-order valence-corrected chi connectivity index (χ0v) is 14.7. The van der Waals surface area contributed by atoms with Crippen LogP contribution in [0, 0.1) is 0 Å². The number of benzene rings is 1. The van der Waals surface area contributed by atoms with Crippen LogP contribution in [0.5, 0.6) is 0 Å². The second-order valence-corrected chi connectivity index (χ2v) is 8.24. The van der Waals surface area contributed by atoms with Crippen molar-refractivity contribution in [2.45, 2.75) is 30.4 Å². The molecule has 0 atom stereocenters. The molecule has 25 heavy (non-hydrogen) atoms. The number of nitrogen functional groups attached to an aromatic ring is 1. The average molecular weight is 362 g/mol. The number of carboxylic acid groups (broad SMARTS) is 2. The van der Waals surface area contributed by atoms with Gasteiger partial charge in [0.2, 0.25) is 0 Å². The summed E-state index contributed by atoms with van der Waals surface area (Å²) in [5.74, 6) is -3.32. The molecule has 8 heteroatoms. The quantitative estimate of drug-likeness (QED) is 0.614. The van der Waals surface area contributed by atoms with E-state index in [4.69, 9.17) is 5.73 Å². The van der Waals surface area contributed by atoms with Gasteiger partial charge in [0.15, 0.2) is 0 Å². The Kier molecular flexibility index (Phi) is 4.94. The molecule has 0 unspecified atom stereocenters. The van der Waals surface area contributed by atoms with Crippen LogP contribution in [0.15, 0.2) is 34.0 Å². The molecule has 0 bridgehead atoms. The molecule has 132 valence electrons. The highest BCUT2D eigenvalue weighted by Gasteiger charge is 2.26. The molecule has 1 aromatic heterocycles. The van der Waals surface area contributed by atoms with E-state index >= 15 is 0 Å². The SMILES string of the molecule is CC(C)(C)Sc1ccc(-c2c(C(=O)O)c(N)[nH]c(=O)c2C(=O)O)cc1. The first kappa shape index (κ1) is 18.6. The van der Waals surface area contributed by atoms with Crippen LogP contribution in [0.4, 0.5) is 5.82 Å². The number of carboxylic acids is 2. The highest BCUT2D eigenvalue weighted by atomic mass is 32.2. The third-order valence-corrected chi connectivity index (χ3v) is 4.36. The fraction of sp³-hybridized carbons (Fsp3) is 0.235. The van der Waals surface area contributed by atoms with Crippen molar-refractivity contribution in [2.75, 3.05) is 5.73 Å². The number of thioether (sulfide) groups is 1. The summed E-state index contributed by atoms with van der Waals surface area (Å²) in [7, 11) is 0. The van der Waals surface area contributed by atoms with E-state index in [1.807, 2.05) is 20.8 Å². The molecule has 2 rings (SSSR count). The van der Waals surface area contributed by atoms with Gasteiger partial charge < -0.3 is 20.9 Å². The van der Waals surface area contributed by atoms with E-state index in [0.717, 1.165) is 4.90 Å². The molecule has 0 radical (unpaired) electrons. The number of rotatable bonds is 4. The van der Waals surface area contributed by atoms with E-state index in [1.165, 1.54) is 0 Å². The molecule has 2 aromatic rings. The molecule has 1 heterocycles. The van der Waals surface area contributed by atoms with Crippen molar-refractivity contribution in [3.05, 3.63) is 45.7 Å². The molecule has 0 fully saturated rings. The summed E-state index contributed by atoms with van der Waals surface area (Å²) in [6.45, 7) is 6.15. The average Bonchev–Trinajstić information content (AvgIpc) is 2.44. The predicted octanol–water partition coefficient (Wildman–Crippen LogP) is 2.91. The lowest BCUT2D eigenvalue weighted by atomic mass is 9.95. The lowest BCUT2D eigenvalue weighted by Crippen LogP contribution is -2.24. The van der Waals surface area contributed by atoms with Gasteiger partial charge in [-0.15, -0.1) is 11.8 Å². The Bertz CT molecular complexity index is 895. The Morgan fingerprint density at radius 1 is 1.04 bits per heavy atom. The van der Waals surface area contributed by atoms with Crippen molar-refractivity contribution in [3.63, 3.8) is 0 Å². The molecule has 0 aliphatic heterocycles. The fourth-order valence-electron chi connectivity index (χ4n) is 2.38. The number of nitrogens with two attached hydrogens (primary N) is 1. The number of anilines is 1. The van der Waals surface area contributed by atoms with Crippen molar-refractivity contribution in [1.29, 1.82) is 0 Å². The molecule has 0 saturated heterocycles. The summed E-state index contributed by atoms with van der Waals surface area (Å²) >= 11 is 1.61. The summed E-state index contributed by atoms with van der Waals surface area (Å²) in [6, 6.07) is 6.67. The highest BCUT2D eigenvalue weighted by molar-refractivity contribution is 8.00. The van der Waals surface area contributed by atoms with Crippen LogP contribution in [0.25, 0.3) is 11.1 Å². The maximum absolute atomic E-state index is 12.0. The largest absolute Gasteiger partial charge is 0.478 e. The number of aromatic amines is 1. The van der Waals surface area contributed by atoms with Crippen molar-refractivity contribution in [3.8, 4) is 11.1 Å². The van der Waals surface area contributed by atoms with Gasteiger partial charge in [-0.2, -0.15) is 0 Å². The standard InChI is InChI=1S/C17H18N2O5S/c1-17(2,3)25-9-6-4-8(5-7-9)10-11(15(21)22)13(18)19-14(20)12(10)16(23)24/h4-7H,1-3H3,(H,21,22)(H,23,24)(H3,18,19,20). The first-order valence-electron chi connectivity index (χ1n) is 7.33. The summed E-state index contributed by atoms with van der Waals surface area (Å²) in [6.07, 6.45) is 0. The normalized spacial score (nSPS) is 11.3. The Labute approximate surface area is 147 Å². The molecule has 1 aromatic carbocycles. The third kappa shape index (κ3) is 4.03. The van der Waals surface area contributed by atoms with Crippen LogP contribution in [0.2, 0.25) is 0 Å². The van der Waals surface area contributed by atoms with Crippen molar-refractivity contribution in [1.82, 2.24) is 4.98 Å².